The number of nitrogen functional groups attached to an aromatic ring is 1. The number of benzene rings is 1. The van der Waals surface area contributed by atoms with Gasteiger partial charge in [0.2, 0.25) is 0 Å². The molecule has 0 unspecified atom stereocenters. The molecule has 0 bridgehead atoms. The third kappa shape index (κ3) is 3.18. The Kier molecular flexibility index (Phi) is 4.76. The molecule has 0 saturated carbocycles. The molecule has 6 heteroatoms. The van der Waals surface area contributed by atoms with Gasteiger partial charge in [0.25, 0.3) is 0 Å². The van der Waals surface area contributed by atoms with E-state index < -0.39 is 0 Å². The molecular formula is C14H15ClFN3O. The molecule has 3 N–H and O–H groups in total. The molecule has 0 saturated heterocycles. The van der Waals surface area contributed by atoms with Crippen molar-refractivity contribution in [1.29, 1.82) is 0 Å². The van der Waals surface area contributed by atoms with E-state index in [9.17, 15) is 4.39 Å². The predicted molar refractivity (Wildman–Crippen MR) is 77.4 cm³/mol. The number of hydrazine groups is 1. The summed E-state index contributed by atoms with van der Waals surface area (Å²) in [5.74, 6) is 6.22. The number of nitrogens with one attached hydrogen (secondary N) is 1. The van der Waals surface area contributed by atoms with Gasteiger partial charge < -0.3 is 10.2 Å². The maximum absolute atomic E-state index is 13.6. The molecule has 106 valence electrons. The van der Waals surface area contributed by atoms with E-state index in [1.165, 1.54) is 6.07 Å². The molecular weight excluding hydrogens is 281 g/mol. The van der Waals surface area contributed by atoms with Gasteiger partial charge in [0, 0.05) is 28.8 Å². The zero-order chi connectivity index (χ0) is 14.5. The van der Waals surface area contributed by atoms with Crippen molar-refractivity contribution in [3.05, 3.63) is 52.4 Å². The van der Waals surface area contributed by atoms with E-state index in [2.05, 4.69) is 10.4 Å². The summed E-state index contributed by atoms with van der Waals surface area (Å²) in [6.07, 6.45) is 1.98. The molecule has 1 aromatic carbocycles. The van der Waals surface area contributed by atoms with Crippen molar-refractivity contribution in [1.82, 2.24) is 4.98 Å². The highest BCUT2D eigenvalue weighted by Gasteiger charge is 2.09. The van der Waals surface area contributed by atoms with Gasteiger partial charge in [-0.05, 0) is 25.1 Å². The van der Waals surface area contributed by atoms with Gasteiger partial charge in [-0.2, -0.15) is 0 Å². The lowest BCUT2D eigenvalue weighted by Gasteiger charge is -2.12. The summed E-state index contributed by atoms with van der Waals surface area (Å²) in [7, 11) is 0. The van der Waals surface area contributed by atoms with Gasteiger partial charge in [0.15, 0.2) is 0 Å². The normalized spacial score (nSPS) is 10.4. The number of nitrogens with two attached hydrogens (primary N) is 1. The summed E-state index contributed by atoms with van der Waals surface area (Å²) in [4.78, 5) is 4.05. The number of pyridine rings is 1. The lowest BCUT2D eigenvalue weighted by molar-refractivity contribution is 0.317. The third-order valence-electron chi connectivity index (χ3n) is 2.96. The number of halogens is 2. The van der Waals surface area contributed by atoms with E-state index in [0.29, 0.717) is 35.2 Å². The lowest BCUT2D eigenvalue weighted by Crippen LogP contribution is -2.11. The van der Waals surface area contributed by atoms with E-state index in [4.69, 9.17) is 22.2 Å². The quantitative estimate of drug-likeness (QED) is 0.657. The van der Waals surface area contributed by atoms with Crippen LogP contribution in [0.25, 0.3) is 0 Å². The minimum absolute atomic E-state index is 0.315. The first kappa shape index (κ1) is 14.6. The lowest BCUT2D eigenvalue weighted by atomic mass is 10.1. The maximum atomic E-state index is 13.6. The van der Waals surface area contributed by atoms with Crippen LogP contribution >= 0.6 is 11.6 Å². The Morgan fingerprint density at radius 1 is 1.40 bits per heavy atom. The van der Waals surface area contributed by atoms with Crippen molar-refractivity contribution < 1.29 is 9.13 Å². The van der Waals surface area contributed by atoms with E-state index in [1.807, 2.05) is 6.92 Å². The number of nitrogens with zero attached hydrogens (tertiary/aromatic N) is 1. The first-order valence-electron chi connectivity index (χ1n) is 6.11. The number of ether oxygens (including phenoxy) is 1. The second kappa shape index (κ2) is 6.54. The van der Waals surface area contributed by atoms with E-state index in [-0.39, 0.29) is 5.82 Å². The van der Waals surface area contributed by atoms with Crippen LogP contribution in [0.5, 0.6) is 5.75 Å². The molecule has 0 spiro atoms. The van der Waals surface area contributed by atoms with Gasteiger partial charge in [-0.1, -0.05) is 17.7 Å². The molecule has 0 atom stereocenters. The highest BCUT2D eigenvalue weighted by atomic mass is 35.5. The topological polar surface area (TPSA) is 60.2 Å². The van der Waals surface area contributed by atoms with Crippen molar-refractivity contribution >= 4 is 17.4 Å². The van der Waals surface area contributed by atoms with Crippen LogP contribution in [0, 0.1) is 12.7 Å². The van der Waals surface area contributed by atoms with E-state index >= 15 is 0 Å². The minimum atomic E-state index is -0.322. The van der Waals surface area contributed by atoms with Crippen molar-refractivity contribution in [2.24, 2.45) is 5.84 Å². The van der Waals surface area contributed by atoms with Crippen LogP contribution in [-0.2, 0) is 6.42 Å². The van der Waals surface area contributed by atoms with Gasteiger partial charge in [0.1, 0.15) is 17.4 Å². The molecule has 4 nitrogen and oxygen atoms in total. The van der Waals surface area contributed by atoms with Crippen LogP contribution in [0.1, 0.15) is 11.1 Å². The maximum Gasteiger partial charge on any atom is 0.146 e. The highest BCUT2D eigenvalue weighted by Crippen LogP contribution is 2.23. The van der Waals surface area contributed by atoms with Crippen molar-refractivity contribution in [2.45, 2.75) is 13.3 Å². The Bertz CT molecular complexity index is 587. The minimum Gasteiger partial charge on any atom is -0.493 e. The molecule has 1 heterocycles. The molecule has 20 heavy (non-hydrogen) atoms. The standard InChI is InChI=1S/C14H15ClFN3O/c1-9-13(5-7-18-14(9)19-17)20-8-6-10-11(15)3-2-4-12(10)16/h2-5,7H,6,8,17H2,1H3,(H,18,19). The van der Waals surface area contributed by atoms with Gasteiger partial charge >= 0.3 is 0 Å². The fraction of sp³-hybridized carbons (Fsp3) is 0.214. The smallest absolute Gasteiger partial charge is 0.146 e. The number of rotatable bonds is 5. The van der Waals surface area contributed by atoms with Crippen LogP contribution in [-0.4, -0.2) is 11.6 Å². The molecule has 1 aromatic heterocycles. The largest absolute Gasteiger partial charge is 0.493 e. The Morgan fingerprint density at radius 3 is 2.90 bits per heavy atom. The Balaban J connectivity index is 2.03. The Morgan fingerprint density at radius 2 is 2.20 bits per heavy atom. The Hall–Kier alpha value is -1.85. The van der Waals surface area contributed by atoms with E-state index in [0.717, 1.165) is 5.56 Å². The molecule has 2 aromatic rings. The monoisotopic (exact) mass is 295 g/mol. The number of anilines is 1. The first-order valence-corrected chi connectivity index (χ1v) is 6.49. The second-order valence-corrected chi connectivity index (χ2v) is 4.63. The summed E-state index contributed by atoms with van der Waals surface area (Å²) in [6, 6.07) is 6.36. The molecule has 0 fully saturated rings. The summed E-state index contributed by atoms with van der Waals surface area (Å²) in [5.41, 5.74) is 3.75. The van der Waals surface area contributed by atoms with Crippen molar-refractivity contribution in [3.63, 3.8) is 0 Å². The summed E-state index contributed by atoms with van der Waals surface area (Å²) in [5, 5.41) is 0.407. The van der Waals surface area contributed by atoms with Crippen molar-refractivity contribution in [3.8, 4) is 5.75 Å². The summed E-state index contributed by atoms with van der Waals surface area (Å²) in [6.45, 7) is 2.16. The van der Waals surface area contributed by atoms with Gasteiger partial charge in [-0.15, -0.1) is 0 Å². The van der Waals surface area contributed by atoms with Crippen molar-refractivity contribution in [2.75, 3.05) is 12.0 Å². The average molecular weight is 296 g/mol. The van der Waals surface area contributed by atoms with Crippen LogP contribution in [0.3, 0.4) is 0 Å². The second-order valence-electron chi connectivity index (χ2n) is 4.23. The van der Waals surface area contributed by atoms with E-state index in [1.54, 1.807) is 24.4 Å². The molecule has 0 aliphatic carbocycles. The van der Waals surface area contributed by atoms with Gasteiger partial charge in [-0.3, -0.25) is 0 Å². The number of hydrogen-bond donors (Lipinski definition) is 2. The van der Waals surface area contributed by atoms with Crippen LogP contribution in [0.15, 0.2) is 30.5 Å². The average Bonchev–Trinajstić information content (AvgIpc) is 2.44. The van der Waals surface area contributed by atoms with Crippen LogP contribution in [0.4, 0.5) is 10.2 Å². The summed E-state index contributed by atoms with van der Waals surface area (Å²) >= 11 is 5.96. The zero-order valence-corrected chi connectivity index (χ0v) is 11.7. The van der Waals surface area contributed by atoms with Gasteiger partial charge in [0.05, 0.1) is 6.61 Å². The first-order chi connectivity index (χ1) is 9.63. The molecule has 0 aliphatic rings. The fourth-order valence-corrected chi connectivity index (χ4v) is 2.11. The highest BCUT2D eigenvalue weighted by molar-refractivity contribution is 6.31. The third-order valence-corrected chi connectivity index (χ3v) is 3.32. The zero-order valence-electron chi connectivity index (χ0n) is 11.0. The summed E-state index contributed by atoms with van der Waals surface area (Å²) < 4.78 is 19.2. The molecule has 0 radical (unpaired) electrons. The van der Waals surface area contributed by atoms with Crippen LogP contribution < -0.4 is 16.0 Å². The molecule has 0 aliphatic heterocycles. The predicted octanol–water partition coefficient (Wildman–Crippen LogP) is 3.09. The Labute approximate surface area is 121 Å². The van der Waals surface area contributed by atoms with Crippen LogP contribution in [0.2, 0.25) is 5.02 Å². The SMILES string of the molecule is Cc1c(OCCc2c(F)cccc2Cl)ccnc1NN. The molecule has 0 amide bonds. The van der Waals surface area contributed by atoms with Gasteiger partial charge in [-0.25, -0.2) is 15.2 Å². The molecule has 2 rings (SSSR count). The fourth-order valence-electron chi connectivity index (χ4n) is 1.85. The number of hydrogen-bond acceptors (Lipinski definition) is 4. The number of aromatic nitrogens is 1.